The number of hydrogen-bond acceptors (Lipinski definition) is 3. The van der Waals surface area contributed by atoms with Crippen LogP contribution in [0.1, 0.15) is 17.3 Å². The smallest absolute Gasteiger partial charge is 0.239 e. The minimum atomic E-state index is -0.687. The summed E-state index contributed by atoms with van der Waals surface area (Å²) in [6, 6.07) is 10.8. The Kier molecular flexibility index (Phi) is 4.42. The summed E-state index contributed by atoms with van der Waals surface area (Å²) < 4.78 is 13.3. The van der Waals surface area contributed by atoms with Crippen molar-refractivity contribution >= 4 is 5.91 Å². The lowest BCUT2D eigenvalue weighted by molar-refractivity contribution is -0.123. The Morgan fingerprint density at radius 1 is 1.35 bits per heavy atom. The van der Waals surface area contributed by atoms with Crippen molar-refractivity contribution in [1.29, 1.82) is 0 Å². The fourth-order valence-electron chi connectivity index (χ4n) is 2.15. The van der Waals surface area contributed by atoms with Crippen molar-refractivity contribution in [3.8, 4) is 0 Å². The molecule has 20 heavy (non-hydrogen) atoms. The molecule has 0 unspecified atom stereocenters. The van der Waals surface area contributed by atoms with Gasteiger partial charge < -0.3 is 5.73 Å². The van der Waals surface area contributed by atoms with Crippen molar-refractivity contribution in [1.82, 2.24) is 9.88 Å². The number of nitrogens with zero attached hydrogens (tertiary/aromatic N) is 2. The van der Waals surface area contributed by atoms with Crippen LogP contribution in [0.2, 0.25) is 0 Å². The van der Waals surface area contributed by atoms with E-state index in [4.69, 9.17) is 5.73 Å². The lowest BCUT2D eigenvalue weighted by atomic mass is 10.0. The first kappa shape index (κ1) is 14.1. The van der Waals surface area contributed by atoms with Crippen LogP contribution in [-0.2, 0) is 11.3 Å². The Balaban J connectivity index is 2.23. The summed E-state index contributed by atoms with van der Waals surface area (Å²) >= 11 is 0. The van der Waals surface area contributed by atoms with E-state index in [0.717, 1.165) is 5.69 Å². The maximum absolute atomic E-state index is 13.3. The van der Waals surface area contributed by atoms with Gasteiger partial charge in [0.15, 0.2) is 0 Å². The Morgan fingerprint density at radius 3 is 2.75 bits per heavy atom. The molecule has 1 aromatic carbocycles. The SMILES string of the molecule is CN(Cc1ccccn1)[C@H](C(N)=O)c1cccc(F)c1. The second kappa shape index (κ2) is 6.25. The molecular weight excluding hydrogens is 257 g/mol. The van der Waals surface area contributed by atoms with E-state index >= 15 is 0 Å². The van der Waals surface area contributed by atoms with Gasteiger partial charge in [-0.05, 0) is 36.9 Å². The van der Waals surface area contributed by atoms with Gasteiger partial charge in [0.25, 0.3) is 0 Å². The molecule has 2 rings (SSSR count). The predicted molar refractivity (Wildman–Crippen MR) is 74.0 cm³/mol. The van der Waals surface area contributed by atoms with Crippen LogP contribution >= 0.6 is 0 Å². The topological polar surface area (TPSA) is 59.2 Å². The minimum absolute atomic E-state index is 0.389. The fraction of sp³-hybridized carbons (Fsp3) is 0.200. The second-order valence-corrected chi connectivity index (χ2v) is 4.60. The van der Waals surface area contributed by atoms with Gasteiger partial charge in [0.1, 0.15) is 11.9 Å². The molecule has 0 radical (unpaired) electrons. The number of benzene rings is 1. The summed E-state index contributed by atoms with van der Waals surface area (Å²) in [4.78, 5) is 17.6. The number of amides is 1. The van der Waals surface area contributed by atoms with Crippen LogP contribution in [0.15, 0.2) is 48.7 Å². The zero-order valence-electron chi connectivity index (χ0n) is 11.2. The number of rotatable bonds is 5. The average Bonchev–Trinajstić information content (AvgIpc) is 2.39. The summed E-state index contributed by atoms with van der Waals surface area (Å²) in [6.07, 6.45) is 1.69. The highest BCUT2D eigenvalue weighted by atomic mass is 19.1. The highest BCUT2D eigenvalue weighted by Gasteiger charge is 2.23. The number of nitrogens with two attached hydrogens (primary N) is 1. The summed E-state index contributed by atoms with van der Waals surface area (Å²) in [5.74, 6) is -0.908. The third-order valence-electron chi connectivity index (χ3n) is 3.01. The van der Waals surface area contributed by atoms with Crippen molar-refractivity contribution in [3.63, 3.8) is 0 Å². The monoisotopic (exact) mass is 273 g/mol. The zero-order chi connectivity index (χ0) is 14.5. The van der Waals surface area contributed by atoms with Gasteiger partial charge in [-0.15, -0.1) is 0 Å². The van der Waals surface area contributed by atoms with Crippen LogP contribution in [-0.4, -0.2) is 22.8 Å². The number of pyridine rings is 1. The molecule has 0 fully saturated rings. The Bertz CT molecular complexity index is 589. The Labute approximate surface area is 117 Å². The Hall–Kier alpha value is -2.27. The maximum atomic E-state index is 13.3. The van der Waals surface area contributed by atoms with Crippen LogP contribution in [0.3, 0.4) is 0 Å². The van der Waals surface area contributed by atoms with E-state index < -0.39 is 11.9 Å². The van der Waals surface area contributed by atoms with Gasteiger partial charge in [-0.25, -0.2) is 4.39 Å². The maximum Gasteiger partial charge on any atom is 0.239 e. The van der Waals surface area contributed by atoms with Gasteiger partial charge >= 0.3 is 0 Å². The van der Waals surface area contributed by atoms with Gasteiger partial charge in [0.05, 0.1) is 5.69 Å². The van der Waals surface area contributed by atoms with Crippen molar-refractivity contribution < 1.29 is 9.18 Å². The molecule has 0 bridgehead atoms. The third kappa shape index (κ3) is 3.39. The van der Waals surface area contributed by atoms with Crippen LogP contribution in [0.4, 0.5) is 4.39 Å². The number of aromatic nitrogens is 1. The second-order valence-electron chi connectivity index (χ2n) is 4.60. The highest BCUT2D eigenvalue weighted by molar-refractivity contribution is 5.81. The molecule has 2 aromatic rings. The molecule has 2 N–H and O–H groups in total. The molecule has 0 aliphatic rings. The molecule has 1 amide bonds. The van der Waals surface area contributed by atoms with Gasteiger partial charge in [0.2, 0.25) is 5.91 Å². The molecule has 1 atom stereocenters. The van der Waals surface area contributed by atoms with E-state index in [1.54, 1.807) is 30.3 Å². The number of carbonyl (C=O) groups is 1. The Morgan fingerprint density at radius 2 is 2.15 bits per heavy atom. The highest BCUT2D eigenvalue weighted by Crippen LogP contribution is 2.21. The van der Waals surface area contributed by atoms with Crippen molar-refractivity contribution in [2.75, 3.05) is 7.05 Å². The number of likely N-dealkylation sites (N-methyl/N-ethyl adjacent to an activating group) is 1. The number of carbonyl (C=O) groups excluding carboxylic acids is 1. The molecule has 1 heterocycles. The third-order valence-corrected chi connectivity index (χ3v) is 3.01. The molecule has 0 saturated carbocycles. The largest absolute Gasteiger partial charge is 0.368 e. The van der Waals surface area contributed by atoms with E-state index in [1.807, 2.05) is 18.2 Å². The first-order valence-electron chi connectivity index (χ1n) is 6.23. The first-order valence-corrected chi connectivity index (χ1v) is 6.23. The molecule has 0 spiro atoms. The lowest BCUT2D eigenvalue weighted by Crippen LogP contribution is -2.35. The van der Waals surface area contributed by atoms with Crippen LogP contribution in [0.5, 0.6) is 0 Å². The number of hydrogen-bond donors (Lipinski definition) is 1. The van der Waals surface area contributed by atoms with Gasteiger partial charge in [-0.1, -0.05) is 18.2 Å². The minimum Gasteiger partial charge on any atom is -0.368 e. The molecule has 104 valence electrons. The fourth-order valence-corrected chi connectivity index (χ4v) is 2.15. The van der Waals surface area contributed by atoms with E-state index in [2.05, 4.69) is 4.98 Å². The van der Waals surface area contributed by atoms with E-state index in [1.165, 1.54) is 12.1 Å². The van der Waals surface area contributed by atoms with Crippen molar-refractivity contribution in [2.24, 2.45) is 5.73 Å². The number of halogens is 1. The standard InChI is InChI=1S/C15H16FN3O/c1-19(10-13-7-2-3-8-18-13)14(15(17)20)11-5-4-6-12(16)9-11/h2-9,14H,10H2,1H3,(H2,17,20)/t14-/m0/s1. The van der Waals surface area contributed by atoms with Crippen molar-refractivity contribution in [3.05, 3.63) is 65.7 Å². The normalized spacial score (nSPS) is 12.3. The predicted octanol–water partition coefficient (Wildman–Crippen LogP) is 1.88. The summed E-state index contributed by atoms with van der Waals surface area (Å²) in [5, 5.41) is 0. The summed E-state index contributed by atoms with van der Waals surface area (Å²) in [7, 11) is 1.76. The van der Waals surface area contributed by atoms with Crippen LogP contribution in [0.25, 0.3) is 0 Å². The van der Waals surface area contributed by atoms with Crippen molar-refractivity contribution in [2.45, 2.75) is 12.6 Å². The van der Waals surface area contributed by atoms with Gasteiger partial charge in [-0.3, -0.25) is 14.7 Å². The molecule has 0 aliphatic carbocycles. The molecule has 5 heteroatoms. The average molecular weight is 273 g/mol. The molecule has 0 aliphatic heterocycles. The van der Waals surface area contributed by atoms with Crippen LogP contribution in [0, 0.1) is 5.82 Å². The molecular formula is C15H16FN3O. The molecule has 0 saturated heterocycles. The van der Waals surface area contributed by atoms with E-state index in [0.29, 0.717) is 12.1 Å². The molecule has 1 aromatic heterocycles. The van der Waals surface area contributed by atoms with Crippen LogP contribution < -0.4 is 5.73 Å². The quantitative estimate of drug-likeness (QED) is 0.905. The summed E-state index contributed by atoms with van der Waals surface area (Å²) in [6.45, 7) is 0.449. The van der Waals surface area contributed by atoms with E-state index in [-0.39, 0.29) is 5.82 Å². The molecule has 4 nitrogen and oxygen atoms in total. The summed E-state index contributed by atoms with van der Waals surface area (Å²) in [5.41, 5.74) is 6.81. The van der Waals surface area contributed by atoms with E-state index in [9.17, 15) is 9.18 Å². The van der Waals surface area contributed by atoms with Gasteiger partial charge in [0, 0.05) is 12.7 Å². The lowest BCUT2D eigenvalue weighted by Gasteiger charge is -2.25. The van der Waals surface area contributed by atoms with Gasteiger partial charge in [-0.2, -0.15) is 0 Å². The first-order chi connectivity index (χ1) is 9.58. The zero-order valence-corrected chi connectivity index (χ0v) is 11.2. The number of primary amides is 1.